The standard InChI is InChI=1S/C14H13NOS.2C2H6/c1-2-5-11-10-6-3-4-7-13(10)16-14-12(15-11)8-9-17-14;2*1-2/h3-9,15H,2H2,1H3;2*1-2H3/b11-5+;;. The predicted octanol–water partition coefficient (Wildman–Crippen LogP) is 6.77. The number of allylic oxidation sites excluding steroid dienone is 1. The molecule has 1 N–H and O–H groups in total. The monoisotopic (exact) mass is 303 g/mol. The van der Waals surface area contributed by atoms with Crippen LogP contribution in [0.5, 0.6) is 10.8 Å². The van der Waals surface area contributed by atoms with E-state index in [2.05, 4.69) is 30.4 Å². The molecule has 1 aromatic carbocycles. The van der Waals surface area contributed by atoms with E-state index < -0.39 is 0 Å². The Balaban J connectivity index is 0.000000510. The van der Waals surface area contributed by atoms with E-state index in [4.69, 9.17) is 4.74 Å². The largest absolute Gasteiger partial charge is 0.444 e. The molecule has 0 bridgehead atoms. The third-order valence-electron chi connectivity index (χ3n) is 2.69. The smallest absolute Gasteiger partial charge is 0.204 e. The number of hydrogen-bond acceptors (Lipinski definition) is 3. The van der Waals surface area contributed by atoms with Gasteiger partial charge in [-0.25, -0.2) is 0 Å². The van der Waals surface area contributed by atoms with Gasteiger partial charge in [0.1, 0.15) is 5.75 Å². The van der Waals surface area contributed by atoms with E-state index in [0.717, 1.165) is 34.2 Å². The number of rotatable bonds is 1. The number of anilines is 1. The molecule has 1 aromatic heterocycles. The molecule has 0 atom stereocenters. The third-order valence-corrected chi connectivity index (χ3v) is 3.48. The first-order valence-corrected chi connectivity index (χ1v) is 8.58. The van der Waals surface area contributed by atoms with Crippen molar-refractivity contribution >= 4 is 22.7 Å². The number of nitrogens with one attached hydrogen (secondary N) is 1. The first-order chi connectivity index (χ1) is 10.4. The SMILES string of the molecule is CC.CC.CC/C=C1/Nc2ccsc2Oc2ccccc21. The van der Waals surface area contributed by atoms with Crippen LogP contribution in [-0.2, 0) is 0 Å². The maximum Gasteiger partial charge on any atom is 0.204 e. The lowest BCUT2D eigenvalue weighted by Crippen LogP contribution is -1.96. The van der Waals surface area contributed by atoms with Gasteiger partial charge >= 0.3 is 0 Å². The van der Waals surface area contributed by atoms with Crippen molar-refractivity contribution < 1.29 is 4.74 Å². The van der Waals surface area contributed by atoms with Gasteiger partial charge in [-0.1, -0.05) is 52.8 Å². The van der Waals surface area contributed by atoms with Crippen LogP contribution in [-0.4, -0.2) is 0 Å². The molecule has 1 aliphatic rings. The highest BCUT2D eigenvalue weighted by Crippen LogP contribution is 2.42. The van der Waals surface area contributed by atoms with E-state index in [1.54, 1.807) is 11.3 Å². The van der Waals surface area contributed by atoms with Crippen molar-refractivity contribution in [3.05, 3.63) is 47.4 Å². The van der Waals surface area contributed by atoms with Crippen molar-refractivity contribution in [3.63, 3.8) is 0 Å². The van der Waals surface area contributed by atoms with Gasteiger partial charge in [0.05, 0.1) is 5.69 Å². The molecule has 0 amide bonds. The second-order valence-corrected chi connectivity index (χ2v) is 4.75. The second kappa shape index (κ2) is 9.24. The highest BCUT2D eigenvalue weighted by atomic mass is 32.1. The zero-order valence-corrected chi connectivity index (χ0v) is 14.4. The molecule has 114 valence electrons. The summed E-state index contributed by atoms with van der Waals surface area (Å²) < 4.78 is 5.93. The van der Waals surface area contributed by atoms with Gasteiger partial charge in [-0.2, -0.15) is 0 Å². The van der Waals surface area contributed by atoms with Crippen LogP contribution in [0.15, 0.2) is 41.8 Å². The zero-order valence-electron chi connectivity index (χ0n) is 13.6. The van der Waals surface area contributed by atoms with Crippen molar-refractivity contribution in [1.82, 2.24) is 0 Å². The summed E-state index contributed by atoms with van der Waals surface area (Å²) in [4.78, 5) is 0. The van der Waals surface area contributed by atoms with Crippen LogP contribution >= 0.6 is 11.3 Å². The van der Waals surface area contributed by atoms with Crippen molar-refractivity contribution in [2.45, 2.75) is 41.0 Å². The molecule has 0 spiro atoms. The van der Waals surface area contributed by atoms with Gasteiger partial charge < -0.3 is 10.1 Å². The summed E-state index contributed by atoms with van der Waals surface area (Å²) in [5.41, 5.74) is 3.30. The van der Waals surface area contributed by atoms with Gasteiger partial charge in [0.25, 0.3) is 0 Å². The van der Waals surface area contributed by atoms with Gasteiger partial charge in [-0.3, -0.25) is 0 Å². The molecule has 0 unspecified atom stereocenters. The van der Waals surface area contributed by atoms with Crippen LogP contribution in [0.3, 0.4) is 0 Å². The highest BCUT2D eigenvalue weighted by Gasteiger charge is 2.17. The summed E-state index contributed by atoms with van der Waals surface area (Å²) in [6, 6.07) is 10.2. The molecule has 21 heavy (non-hydrogen) atoms. The van der Waals surface area contributed by atoms with E-state index in [1.807, 2.05) is 51.3 Å². The fourth-order valence-corrected chi connectivity index (χ4v) is 2.63. The van der Waals surface area contributed by atoms with Gasteiger partial charge in [0, 0.05) is 11.3 Å². The molecule has 0 saturated heterocycles. The van der Waals surface area contributed by atoms with Crippen LogP contribution in [0.25, 0.3) is 5.70 Å². The first kappa shape index (κ1) is 17.3. The maximum atomic E-state index is 5.93. The van der Waals surface area contributed by atoms with Crippen LogP contribution in [0, 0.1) is 0 Å². The Labute approximate surface area is 132 Å². The molecule has 2 nitrogen and oxygen atoms in total. The van der Waals surface area contributed by atoms with Crippen molar-refractivity contribution in [2.24, 2.45) is 0 Å². The lowest BCUT2D eigenvalue weighted by molar-refractivity contribution is 0.499. The number of hydrogen-bond donors (Lipinski definition) is 1. The zero-order chi connectivity index (χ0) is 15.7. The Morgan fingerprint density at radius 2 is 1.81 bits per heavy atom. The Bertz CT molecular complexity index is 572. The van der Waals surface area contributed by atoms with E-state index in [9.17, 15) is 0 Å². The predicted molar refractivity (Wildman–Crippen MR) is 95.4 cm³/mol. The fourth-order valence-electron chi connectivity index (χ4n) is 1.92. The average Bonchev–Trinajstić information content (AvgIpc) is 2.93. The van der Waals surface area contributed by atoms with Crippen LogP contribution in [0.4, 0.5) is 5.69 Å². The summed E-state index contributed by atoms with van der Waals surface area (Å²) in [5, 5.41) is 6.41. The highest BCUT2D eigenvalue weighted by molar-refractivity contribution is 7.12. The van der Waals surface area contributed by atoms with Crippen molar-refractivity contribution in [2.75, 3.05) is 5.32 Å². The fraction of sp³-hybridized carbons (Fsp3) is 0.333. The molecule has 3 heteroatoms. The minimum atomic E-state index is 0.918. The Morgan fingerprint density at radius 1 is 1.10 bits per heavy atom. The van der Waals surface area contributed by atoms with Gasteiger partial charge in [0.2, 0.25) is 5.06 Å². The normalized spacial score (nSPS) is 13.1. The lowest BCUT2D eigenvalue weighted by Gasteiger charge is -2.08. The quantitative estimate of drug-likeness (QED) is 0.627. The summed E-state index contributed by atoms with van der Waals surface area (Å²) in [5.74, 6) is 0.918. The van der Waals surface area contributed by atoms with Crippen LogP contribution < -0.4 is 10.1 Å². The summed E-state index contributed by atoms with van der Waals surface area (Å²) in [6.45, 7) is 10.1. The Kier molecular flexibility index (Phi) is 7.62. The number of thiophene rings is 1. The minimum Gasteiger partial charge on any atom is -0.444 e. The molecular formula is C18H25NOS. The number of benzene rings is 1. The molecule has 2 heterocycles. The summed E-state index contributed by atoms with van der Waals surface area (Å²) >= 11 is 1.61. The molecule has 0 saturated carbocycles. The average molecular weight is 303 g/mol. The van der Waals surface area contributed by atoms with Gasteiger partial charge in [-0.05, 0) is 30.0 Å². The number of ether oxygens (including phenoxy) is 1. The third kappa shape index (κ3) is 4.11. The molecule has 2 aromatic rings. The van der Waals surface area contributed by atoms with Crippen molar-refractivity contribution in [1.29, 1.82) is 0 Å². The van der Waals surface area contributed by atoms with E-state index in [0.29, 0.717) is 0 Å². The van der Waals surface area contributed by atoms with Crippen LogP contribution in [0.1, 0.15) is 46.6 Å². The molecular weight excluding hydrogens is 278 g/mol. The molecule has 1 aliphatic heterocycles. The Morgan fingerprint density at radius 3 is 2.52 bits per heavy atom. The molecule has 0 aliphatic carbocycles. The number of fused-ring (bicyclic) bond motifs is 2. The topological polar surface area (TPSA) is 21.3 Å². The Hall–Kier alpha value is -1.74. The van der Waals surface area contributed by atoms with Gasteiger partial charge in [0.15, 0.2) is 0 Å². The van der Waals surface area contributed by atoms with Crippen molar-refractivity contribution in [3.8, 4) is 10.8 Å². The second-order valence-electron chi connectivity index (χ2n) is 3.87. The molecule has 0 radical (unpaired) electrons. The first-order valence-electron chi connectivity index (χ1n) is 7.70. The lowest BCUT2D eigenvalue weighted by atomic mass is 10.1. The van der Waals surface area contributed by atoms with Gasteiger partial charge in [-0.15, -0.1) is 11.3 Å². The number of para-hydroxylation sites is 1. The minimum absolute atomic E-state index is 0.918. The summed E-state index contributed by atoms with van der Waals surface area (Å²) in [6.07, 6.45) is 3.19. The summed E-state index contributed by atoms with van der Waals surface area (Å²) in [7, 11) is 0. The van der Waals surface area contributed by atoms with E-state index >= 15 is 0 Å². The molecule has 3 rings (SSSR count). The van der Waals surface area contributed by atoms with E-state index in [1.165, 1.54) is 0 Å². The maximum absolute atomic E-state index is 5.93. The van der Waals surface area contributed by atoms with Crippen LogP contribution in [0.2, 0.25) is 0 Å². The molecule has 0 fully saturated rings. The van der Waals surface area contributed by atoms with E-state index in [-0.39, 0.29) is 0 Å².